The molecule has 0 saturated heterocycles. The van der Waals surface area contributed by atoms with Gasteiger partial charge in [0.25, 0.3) is 5.56 Å². The van der Waals surface area contributed by atoms with Crippen LogP contribution in [-0.2, 0) is 18.4 Å². The average molecular weight is 319 g/mol. The largest absolute Gasteiger partial charge is 0.342 e. The molecule has 126 valence electrons. The van der Waals surface area contributed by atoms with Crippen LogP contribution < -0.4 is 5.56 Å². The first-order chi connectivity index (χ1) is 10.6. The fraction of sp³-hybridized carbons (Fsp3) is 0.625. The lowest BCUT2D eigenvalue weighted by atomic mass is 9.87. The van der Waals surface area contributed by atoms with Crippen molar-refractivity contribution in [1.82, 2.24) is 24.2 Å². The van der Waals surface area contributed by atoms with Gasteiger partial charge in [-0.2, -0.15) is 5.10 Å². The molecule has 0 aliphatic rings. The zero-order valence-electron chi connectivity index (χ0n) is 14.7. The van der Waals surface area contributed by atoms with Crippen molar-refractivity contribution in [3.63, 3.8) is 0 Å². The molecule has 0 aliphatic heterocycles. The number of aromatic nitrogens is 4. The van der Waals surface area contributed by atoms with Gasteiger partial charge in [-0.25, -0.2) is 4.98 Å². The van der Waals surface area contributed by atoms with E-state index in [4.69, 9.17) is 0 Å². The molecular formula is C16H25N5O2. The topological polar surface area (TPSA) is 73.0 Å². The van der Waals surface area contributed by atoms with E-state index in [-0.39, 0.29) is 29.3 Å². The number of amides is 1. The molecule has 0 radical (unpaired) electrons. The van der Waals surface area contributed by atoms with Crippen LogP contribution >= 0.6 is 0 Å². The van der Waals surface area contributed by atoms with Crippen molar-refractivity contribution >= 4 is 16.9 Å². The van der Waals surface area contributed by atoms with E-state index in [1.807, 2.05) is 14.0 Å². The summed E-state index contributed by atoms with van der Waals surface area (Å²) in [5.74, 6) is 0.0191. The van der Waals surface area contributed by atoms with Gasteiger partial charge in [0, 0.05) is 33.1 Å². The van der Waals surface area contributed by atoms with Crippen LogP contribution in [0.5, 0.6) is 0 Å². The molecule has 0 spiro atoms. The van der Waals surface area contributed by atoms with Crippen LogP contribution in [0.25, 0.3) is 11.0 Å². The third-order valence-corrected chi connectivity index (χ3v) is 4.51. The van der Waals surface area contributed by atoms with Gasteiger partial charge < -0.3 is 4.90 Å². The highest BCUT2D eigenvalue weighted by molar-refractivity contribution is 5.76. The second kappa shape index (κ2) is 6.14. The molecule has 0 saturated carbocycles. The molecular weight excluding hydrogens is 294 g/mol. The summed E-state index contributed by atoms with van der Waals surface area (Å²) in [6.45, 7) is 8.66. The van der Waals surface area contributed by atoms with Crippen molar-refractivity contribution in [2.75, 3.05) is 7.05 Å². The maximum atomic E-state index is 12.4. The number of hydrogen-bond acceptors (Lipinski definition) is 4. The van der Waals surface area contributed by atoms with Crippen LogP contribution in [0.3, 0.4) is 0 Å². The summed E-state index contributed by atoms with van der Waals surface area (Å²) in [6.07, 6.45) is 3.26. The molecule has 0 aromatic carbocycles. The third kappa shape index (κ3) is 3.43. The maximum Gasteiger partial charge on any atom is 0.264 e. The van der Waals surface area contributed by atoms with Crippen molar-refractivity contribution < 1.29 is 4.79 Å². The minimum absolute atomic E-state index is 0.0113. The fourth-order valence-electron chi connectivity index (χ4n) is 2.42. The van der Waals surface area contributed by atoms with E-state index in [9.17, 15) is 9.59 Å². The Balaban J connectivity index is 2.11. The van der Waals surface area contributed by atoms with Crippen molar-refractivity contribution in [1.29, 1.82) is 0 Å². The Morgan fingerprint density at radius 2 is 2.04 bits per heavy atom. The van der Waals surface area contributed by atoms with Gasteiger partial charge in [0.05, 0.1) is 12.5 Å². The number of aryl methyl sites for hydroxylation is 2. The minimum atomic E-state index is -0.164. The Morgan fingerprint density at radius 1 is 1.39 bits per heavy atom. The van der Waals surface area contributed by atoms with Crippen LogP contribution in [0.1, 0.15) is 34.1 Å². The summed E-state index contributed by atoms with van der Waals surface area (Å²) in [6, 6.07) is 0.116. The number of carbonyl (C=O) groups is 1. The van der Waals surface area contributed by atoms with Gasteiger partial charge in [0.1, 0.15) is 5.39 Å². The molecule has 2 aromatic rings. The van der Waals surface area contributed by atoms with E-state index in [1.165, 1.54) is 17.1 Å². The van der Waals surface area contributed by atoms with E-state index < -0.39 is 0 Å². The fourth-order valence-corrected chi connectivity index (χ4v) is 2.42. The van der Waals surface area contributed by atoms with Crippen molar-refractivity contribution in [2.45, 2.75) is 46.7 Å². The molecule has 0 aliphatic carbocycles. The predicted molar refractivity (Wildman–Crippen MR) is 89.1 cm³/mol. The van der Waals surface area contributed by atoms with Gasteiger partial charge in [0.2, 0.25) is 5.91 Å². The highest BCUT2D eigenvalue weighted by Crippen LogP contribution is 2.23. The SMILES string of the molecule is C[C@H](N(C)C(=O)CCn1cnc2c(cnn2C)c1=O)C(C)(C)C. The molecule has 2 rings (SSSR count). The molecule has 7 heteroatoms. The maximum absolute atomic E-state index is 12.4. The highest BCUT2D eigenvalue weighted by atomic mass is 16.2. The van der Waals surface area contributed by atoms with E-state index in [0.29, 0.717) is 17.6 Å². The van der Waals surface area contributed by atoms with Crippen LogP contribution in [0.2, 0.25) is 0 Å². The Kier molecular flexibility index (Phi) is 4.58. The lowest BCUT2D eigenvalue weighted by molar-refractivity contribution is -0.133. The molecule has 2 heterocycles. The second-order valence-electron chi connectivity index (χ2n) is 7.05. The van der Waals surface area contributed by atoms with E-state index >= 15 is 0 Å². The summed E-state index contributed by atoms with van der Waals surface area (Å²) in [5, 5.41) is 4.51. The van der Waals surface area contributed by atoms with Crippen LogP contribution in [-0.4, -0.2) is 43.2 Å². The first-order valence-corrected chi connectivity index (χ1v) is 7.75. The molecule has 0 bridgehead atoms. The van der Waals surface area contributed by atoms with Crippen LogP contribution in [0, 0.1) is 5.41 Å². The summed E-state index contributed by atoms with van der Waals surface area (Å²) in [5.41, 5.74) is 0.399. The van der Waals surface area contributed by atoms with Crippen molar-refractivity contribution in [3.05, 3.63) is 22.9 Å². The molecule has 7 nitrogen and oxygen atoms in total. The molecule has 0 unspecified atom stereocenters. The molecule has 0 N–H and O–H groups in total. The van der Waals surface area contributed by atoms with Gasteiger partial charge in [-0.15, -0.1) is 0 Å². The minimum Gasteiger partial charge on any atom is -0.342 e. The average Bonchev–Trinajstić information content (AvgIpc) is 2.86. The Bertz CT molecular complexity index is 769. The number of carbonyl (C=O) groups excluding carboxylic acids is 1. The van der Waals surface area contributed by atoms with E-state index in [1.54, 1.807) is 16.6 Å². The third-order valence-electron chi connectivity index (χ3n) is 4.51. The summed E-state index contributed by atoms with van der Waals surface area (Å²) in [7, 11) is 3.55. The molecule has 1 atom stereocenters. The van der Waals surface area contributed by atoms with Gasteiger partial charge >= 0.3 is 0 Å². The molecule has 23 heavy (non-hydrogen) atoms. The van der Waals surface area contributed by atoms with Gasteiger partial charge in [-0.3, -0.25) is 18.8 Å². The number of fused-ring (bicyclic) bond motifs is 1. The van der Waals surface area contributed by atoms with Crippen LogP contribution in [0.4, 0.5) is 0 Å². The number of nitrogens with zero attached hydrogens (tertiary/aromatic N) is 5. The Labute approximate surface area is 135 Å². The standard InChI is InChI=1S/C16H25N5O2/c1-11(16(2,3)4)19(5)13(22)7-8-21-10-17-14-12(15(21)23)9-18-20(14)6/h9-11H,7-8H2,1-6H3/t11-/m0/s1. The Hall–Kier alpha value is -2.18. The summed E-state index contributed by atoms with van der Waals surface area (Å²) in [4.78, 5) is 30.7. The molecule has 2 aromatic heterocycles. The highest BCUT2D eigenvalue weighted by Gasteiger charge is 2.26. The molecule has 0 fully saturated rings. The number of hydrogen-bond donors (Lipinski definition) is 0. The zero-order chi connectivity index (χ0) is 17.4. The lowest BCUT2D eigenvalue weighted by Crippen LogP contribution is -2.43. The van der Waals surface area contributed by atoms with E-state index in [0.717, 1.165) is 0 Å². The van der Waals surface area contributed by atoms with Gasteiger partial charge in [-0.1, -0.05) is 20.8 Å². The quantitative estimate of drug-likeness (QED) is 0.854. The first-order valence-electron chi connectivity index (χ1n) is 7.75. The predicted octanol–water partition coefficient (Wildman–Crippen LogP) is 1.41. The monoisotopic (exact) mass is 319 g/mol. The Morgan fingerprint density at radius 3 is 2.65 bits per heavy atom. The number of rotatable bonds is 4. The first kappa shape index (κ1) is 17.2. The zero-order valence-corrected chi connectivity index (χ0v) is 14.7. The molecule has 1 amide bonds. The van der Waals surface area contributed by atoms with E-state index in [2.05, 4.69) is 30.9 Å². The van der Waals surface area contributed by atoms with Gasteiger partial charge in [-0.05, 0) is 12.3 Å². The lowest BCUT2D eigenvalue weighted by Gasteiger charge is -2.35. The van der Waals surface area contributed by atoms with Crippen LogP contribution in [0.15, 0.2) is 17.3 Å². The van der Waals surface area contributed by atoms with Crippen molar-refractivity contribution in [3.8, 4) is 0 Å². The summed E-state index contributed by atoms with van der Waals surface area (Å²) < 4.78 is 3.03. The normalized spacial score (nSPS) is 13.3. The second-order valence-corrected chi connectivity index (χ2v) is 7.05. The summed E-state index contributed by atoms with van der Waals surface area (Å²) >= 11 is 0. The smallest absolute Gasteiger partial charge is 0.264 e. The van der Waals surface area contributed by atoms with Crippen molar-refractivity contribution in [2.24, 2.45) is 12.5 Å². The van der Waals surface area contributed by atoms with Gasteiger partial charge in [0.15, 0.2) is 5.65 Å².